The average molecular weight is 276 g/mol. The van der Waals surface area contributed by atoms with Gasteiger partial charge in [-0.05, 0) is 42.2 Å². The fourth-order valence-electron chi connectivity index (χ4n) is 3.43. The molecule has 1 aromatic rings. The highest BCUT2D eigenvalue weighted by Gasteiger charge is 2.44. The Balaban J connectivity index is 1.93. The van der Waals surface area contributed by atoms with Gasteiger partial charge < -0.3 is 5.11 Å². The molecule has 104 valence electrons. The van der Waals surface area contributed by atoms with Crippen LogP contribution < -0.4 is 0 Å². The molecule has 1 nitrogen and oxygen atoms in total. The summed E-state index contributed by atoms with van der Waals surface area (Å²) in [5.74, 6) is 0. The SMILES string of the molecule is CC(C)(C)c1cccc(C2(O)CC3CCC(C2)S3)c1. The lowest BCUT2D eigenvalue weighted by Gasteiger charge is -2.37. The minimum atomic E-state index is -0.585. The summed E-state index contributed by atoms with van der Waals surface area (Å²) in [6.45, 7) is 6.70. The molecule has 0 radical (unpaired) electrons. The molecule has 2 saturated heterocycles. The topological polar surface area (TPSA) is 20.2 Å². The lowest BCUT2D eigenvalue weighted by atomic mass is 9.81. The van der Waals surface area contributed by atoms with Gasteiger partial charge in [0.25, 0.3) is 0 Å². The second kappa shape index (κ2) is 4.53. The van der Waals surface area contributed by atoms with Crippen LogP contribution >= 0.6 is 11.8 Å². The van der Waals surface area contributed by atoms with Crippen LogP contribution in [0.2, 0.25) is 0 Å². The largest absolute Gasteiger partial charge is 0.385 e. The summed E-state index contributed by atoms with van der Waals surface area (Å²) < 4.78 is 0. The van der Waals surface area contributed by atoms with E-state index in [2.05, 4.69) is 56.8 Å². The number of fused-ring (bicyclic) bond motifs is 2. The molecule has 1 N–H and O–H groups in total. The number of benzene rings is 1. The van der Waals surface area contributed by atoms with Gasteiger partial charge in [0.05, 0.1) is 5.60 Å². The van der Waals surface area contributed by atoms with Gasteiger partial charge in [-0.3, -0.25) is 0 Å². The summed E-state index contributed by atoms with van der Waals surface area (Å²) in [5.41, 5.74) is 2.02. The smallest absolute Gasteiger partial charge is 0.0917 e. The van der Waals surface area contributed by atoms with Crippen molar-refractivity contribution in [1.29, 1.82) is 0 Å². The van der Waals surface area contributed by atoms with Crippen molar-refractivity contribution in [3.63, 3.8) is 0 Å². The molecule has 0 aromatic heterocycles. The quantitative estimate of drug-likeness (QED) is 0.828. The molecule has 2 atom stereocenters. The predicted molar refractivity (Wildman–Crippen MR) is 82.7 cm³/mol. The van der Waals surface area contributed by atoms with Crippen molar-refractivity contribution in [1.82, 2.24) is 0 Å². The zero-order valence-corrected chi connectivity index (χ0v) is 13.0. The Morgan fingerprint density at radius 1 is 1.16 bits per heavy atom. The second-order valence-corrected chi connectivity index (χ2v) is 8.83. The Hall–Kier alpha value is -0.470. The summed E-state index contributed by atoms with van der Waals surface area (Å²) >= 11 is 2.10. The molecule has 2 fully saturated rings. The van der Waals surface area contributed by atoms with Crippen molar-refractivity contribution in [2.24, 2.45) is 0 Å². The fraction of sp³-hybridized carbons (Fsp3) is 0.647. The maximum atomic E-state index is 11.1. The molecule has 0 aliphatic carbocycles. The average Bonchev–Trinajstić information content (AvgIpc) is 2.68. The summed E-state index contributed by atoms with van der Waals surface area (Å²) in [4.78, 5) is 0. The highest BCUT2D eigenvalue weighted by Crippen LogP contribution is 2.51. The third-order valence-electron chi connectivity index (χ3n) is 4.59. The normalized spacial score (nSPS) is 34.5. The molecular formula is C17H24OS. The first kappa shape index (κ1) is 13.5. The van der Waals surface area contributed by atoms with Gasteiger partial charge in [-0.25, -0.2) is 0 Å². The Kier molecular flexibility index (Phi) is 3.22. The van der Waals surface area contributed by atoms with Gasteiger partial charge in [-0.2, -0.15) is 11.8 Å². The molecule has 0 spiro atoms. The van der Waals surface area contributed by atoms with E-state index >= 15 is 0 Å². The van der Waals surface area contributed by atoms with Crippen LogP contribution in [-0.2, 0) is 11.0 Å². The van der Waals surface area contributed by atoms with E-state index in [1.54, 1.807) is 0 Å². The monoisotopic (exact) mass is 276 g/mol. The van der Waals surface area contributed by atoms with E-state index in [4.69, 9.17) is 0 Å². The predicted octanol–water partition coefficient (Wildman–Crippen LogP) is 4.23. The van der Waals surface area contributed by atoms with E-state index in [0.717, 1.165) is 18.4 Å². The van der Waals surface area contributed by atoms with Gasteiger partial charge in [0.15, 0.2) is 0 Å². The van der Waals surface area contributed by atoms with Crippen LogP contribution in [0, 0.1) is 0 Å². The Morgan fingerprint density at radius 2 is 1.79 bits per heavy atom. The van der Waals surface area contributed by atoms with Gasteiger partial charge in [0.1, 0.15) is 0 Å². The molecule has 2 bridgehead atoms. The number of rotatable bonds is 1. The van der Waals surface area contributed by atoms with Crippen LogP contribution in [0.5, 0.6) is 0 Å². The lowest BCUT2D eigenvalue weighted by molar-refractivity contribution is 0.0195. The summed E-state index contributed by atoms with van der Waals surface area (Å²) in [5, 5.41) is 12.4. The first-order chi connectivity index (χ1) is 8.87. The fourth-order valence-corrected chi connectivity index (χ4v) is 5.26. The molecule has 2 heterocycles. The molecule has 2 aliphatic heterocycles. The number of aliphatic hydroxyl groups is 1. The minimum Gasteiger partial charge on any atom is -0.385 e. The number of hydrogen-bond donors (Lipinski definition) is 1. The van der Waals surface area contributed by atoms with Crippen molar-refractivity contribution in [2.45, 2.75) is 68.0 Å². The number of hydrogen-bond acceptors (Lipinski definition) is 2. The molecule has 0 amide bonds. The first-order valence-corrected chi connectivity index (χ1v) is 8.30. The van der Waals surface area contributed by atoms with E-state index in [-0.39, 0.29) is 5.41 Å². The van der Waals surface area contributed by atoms with E-state index < -0.39 is 5.60 Å². The van der Waals surface area contributed by atoms with Crippen molar-refractivity contribution >= 4 is 11.8 Å². The third kappa shape index (κ3) is 2.57. The maximum Gasteiger partial charge on any atom is 0.0917 e. The zero-order chi connectivity index (χ0) is 13.7. The molecule has 2 heteroatoms. The summed E-state index contributed by atoms with van der Waals surface area (Å²) in [6.07, 6.45) is 4.44. The van der Waals surface area contributed by atoms with Gasteiger partial charge in [0, 0.05) is 10.5 Å². The van der Waals surface area contributed by atoms with Gasteiger partial charge in [-0.15, -0.1) is 0 Å². The molecule has 3 rings (SSSR count). The molecular weight excluding hydrogens is 252 g/mol. The lowest BCUT2D eigenvalue weighted by Crippen LogP contribution is -2.34. The highest BCUT2D eigenvalue weighted by atomic mass is 32.2. The van der Waals surface area contributed by atoms with Crippen LogP contribution in [-0.4, -0.2) is 15.6 Å². The van der Waals surface area contributed by atoms with E-state index in [1.165, 1.54) is 18.4 Å². The van der Waals surface area contributed by atoms with Crippen LogP contribution in [0.25, 0.3) is 0 Å². The van der Waals surface area contributed by atoms with Gasteiger partial charge in [0.2, 0.25) is 0 Å². The summed E-state index contributed by atoms with van der Waals surface area (Å²) in [7, 11) is 0. The standard InChI is InChI=1S/C17H24OS/c1-16(2,3)12-5-4-6-13(9-12)17(18)10-14-7-8-15(11-17)19-14/h4-6,9,14-15,18H,7-8,10-11H2,1-3H3. The van der Waals surface area contributed by atoms with E-state index in [9.17, 15) is 5.11 Å². The van der Waals surface area contributed by atoms with Crippen LogP contribution in [0.15, 0.2) is 24.3 Å². The number of thioether (sulfide) groups is 1. The molecule has 2 unspecified atom stereocenters. The second-order valence-electron chi connectivity index (χ2n) is 7.23. The Bertz CT molecular complexity index is 462. The van der Waals surface area contributed by atoms with E-state index in [0.29, 0.717) is 10.5 Å². The Morgan fingerprint density at radius 3 is 2.37 bits per heavy atom. The van der Waals surface area contributed by atoms with E-state index in [1.807, 2.05) is 0 Å². The summed E-state index contributed by atoms with van der Waals surface area (Å²) in [6, 6.07) is 8.64. The van der Waals surface area contributed by atoms with Crippen molar-refractivity contribution in [3.8, 4) is 0 Å². The van der Waals surface area contributed by atoms with Gasteiger partial charge >= 0.3 is 0 Å². The van der Waals surface area contributed by atoms with Gasteiger partial charge in [-0.1, -0.05) is 45.0 Å². The van der Waals surface area contributed by atoms with Crippen LogP contribution in [0.1, 0.15) is 57.6 Å². The van der Waals surface area contributed by atoms with Crippen LogP contribution in [0.4, 0.5) is 0 Å². The first-order valence-electron chi connectivity index (χ1n) is 7.36. The van der Waals surface area contributed by atoms with Crippen LogP contribution in [0.3, 0.4) is 0 Å². The minimum absolute atomic E-state index is 0.148. The maximum absolute atomic E-state index is 11.1. The molecule has 0 saturated carbocycles. The highest BCUT2D eigenvalue weighted by molar-refractivity contribution is 8.00. The van der Waals surface area contributed by atoms with Crippen molar-refractivity contribution in [2.75, 3.05) is 0 Å². The zero-order valence-electron chi connectivity index (χ0n) is 12.1. The van der Waals surface area contributed by atoms with Crippen molar-refractivity contribution in [3.05, 3.63) is 35.4 Å². The Labute approximate surface area is 120 Å². The molecule has 1 aromatic carbocycles. The van der Waals surface area contributed by atoms with Crippen molar-refractivity contribution < 1.29 is 5.11 Å². The third-order valence-corrected chi connectivity index (χ3v) is 6.17. The molecule has 19 heavy (non-hydrogen) atoms. The molecule has 2 aliphatic rings.